The van der Waals surface area contributed by atoms with Crippen molar-refractivity contribution in [1.82, 2.24) is 9.97 Å². The van der Waals surface area contributed by atoms with Crippen LogP contribution in [-0.2, 0) is 0 Å². The van der Waals surface area contributed by atoms with Gasteiger partial charge in [-0.05, 0) is 70.0 Å². The highest BCUT2D eigenvalue weighted by Gasteiger charge is 2.11. The first-order valence-corrected chi connectivity index (χ1v) is 10.6. The quantitative estimate of drug-likeness (QED) is 0.403. The minimum atomic E-state index is 0.697. The van der Waals surface area contributed by atoms with Crippen molar-refractivity contribution >= 4 is 28.4 Å². The Kier molecular flexibility index (Phi) is 7.65. The predicted molar refractivity (Wildman–Crippen MR) is 132 cm³/mol. The van der Waals surface area contributed by atoms with Gasteiger partial charge in [0, 0.05) is 24.7 Å². The van der Waals surface area contributed by atoms with Gasteiger partial charge in [0.05, 0.1) is 12.6 Å². The third-order valence-electron chi connectivity index (χ3n) is 5.09. The Balaban J connectivity index is 1.81. The molecule has 0 saturated carbocycles. The summed E-state index contributed by atoms with van der Waals surface area (Å²) in [6.07, 6.45) is 6.69. The molecule has 31 heavy (non-hydrogen) atoms. The smallest absolute Gasteiger partial charge is 0.227 e. The Bertz CT molecular complexity index is 1070. The number of nitrogens with zero attached hydrogens (tertiary/aromatic N) is 3. The standard InChI is InChI=1S/C26H32N4O/c1-19(2)9-8-10-20(3)17-18-30(4)26-28-24-12-7-6-11-23(24)25(29-26)27-21-13-15-22(31-5)16-14-21/h6-7,9,11-17H,8,10,18H2,1-5H3,(H,27,28,29). The summed E-state index contributed by atoms with van der Waals surface area (Å²) >= 11 is 0. The fourth-order valence-corrected chi connectivity index (χ4v) is 3.21. The number of ether oxygens (including phenoxy) is 1. The molecule has 162 valence electrons. The van der Waals surface area contributed by atoms with Gasteiger partial charge in [-0.25, -0.2) is 4.98 Å². The lowest BCUT2D eigenvalue weighted by atomic mass is 10.1. The van der Waals surface area contributed by atoms with Crippen molar-refractivity contribution in [3.05, 3.63) is 71.8 Å². The second kappa shape index (κ2) is 10.6. The molecule has 0 saturated heterocycles. The van der Waals surface area contributed by atoms with E-state index < -0.39 is 0 Å². The van der Waals surface area contributed by atoms with Crippen LogP contribution in [0, 0.1) is 0 Å². The van der Waals surface area contributed by atoms with Gasteiger partial charge in [-0.15, -0.1) is 0 Å². The first-order chi connectivity index (χ1) is 15.0. The van der Waals surface area contributed by atoms with Gasteiger partial charge in [-0.2, -0.15) is 4.98 Å². The van der Waals surface area contributed by atoms with Crippen LogP contribution < -0.4 is 15.0 Å². The van der Waals surface area contributed by atoms with Crippen LogP contribution in [0.3, 0.4) is 0 Å². The van der Waals surface area contributed by atoms with Gasteiger partial charge in [-0.3, -0.25) is 0 Å². The molecule has 0 aliphatic carbocycles. The van der Waals surface area contributed by atoms with Crippen molar-refractivity contribution in [2.45, 2.75) is 33.6 Å². The highest BCUT2D eigenvalue weighted by Crippen LogP contribution is 2.27. The highest BCUT2D eigenvalue weighted by atomic mass is 16.5. The Morgan fingerprint density at radius 2 is 1.74 bits per heavy atom. The number of aromatic nitrogens is 2. The number of fused-ring (bicyclic) bond motifs is 1. The summed E-state index contributed by atoms with van der Waals surface area (Å²) in [5.41, 5.74) is 4.61. The van der Waals surface area contributed by atoms with E-state index in [0.717, 1.165) is 47.5 Å². The second-order valence-corrected chi connectivity index (χ2v) is 7.99. The van der Waals surface area contributed by atoms with Crippen molar-refractivity contribution in [3.8, 4) is 5.75 Å². The first kappa shape index (κ1) is 22.3. The number of hydrogen-bond donors (Lipinski definition) is 1. The molecule has 0 aliphatic rings. The number of allylic oxidation sites excluding steroid dienone is 3. The zero-order valence-electron chi connectivity index (χ0n) is 19.1. The monoisotopic (exact) mass is 416 g/mol. The molecule has 1 aromatic heterocycles. The molecule has 0 amide bonds. The Labute approximate surface area is 185 Å². The van der Waals surface area contributed by atoms with E-state index in [9.17, 15) is 0 Å². The fraction of sp³-hybridized carbons (Fsp3) is 0.308. The third kappa shape index (κ3) is 6.32. The number of nitrogens with one attached hydrogen (secondary N) is 1. The number of hydrogen-bond acceptors (Lipinski definition) is 5. The van der Waals surface area contributed by atoms with E-state index in [4.69, 9.17) is 14.7 Å². The molecular formula is C26H32N4O. The van der Waals surface area contributed by atoms with Crippen LogP contribution in [0.5, 0.6) is 5.75 Å². The third-order valence-corrected chi connectivity index (χ3v) is 5.09. The molecule has 3 rings (SSSR count). The summed E-state index contributed by atoms with van der Waals surface area (Å²) in [4.78, 5) is 11.7. The molecule has 5 nitrogen and oxygen atoms in total. The van der Waals surface area contributed by atoms with Crippen LogP contribution >= 0.6 is 0 Å². The molecule has 0 aliphatic heterocycles. The number of para-hydroxylation sites is 1. The van der Waals surface area contributed by atoms with Gasteiger partial charge in [-0.1, -0.05) is 35.4 Å². The number of likely N-dealkylation sites (N-methyl/N-ethyl adjacent to an activating group) is 1. The summed E-state index contributed by atoms with van der Waals surface area (Å²) in [5, 5.41) is 4.43. The fourth-order valence-electron chi connectivity index (χ4n) is 3.21. The van der Waals surface area contributed by atoms with Gasteiger partial charge in [0.25, 0.3) is 0 Å². The topological polar surface area (TPSA) is 50.3 Å². The van der Waals surface area contributed by atoms with Gasteiger partial charge in [0.15, 0.2) is 0 Å². The number of anilines is 3. The van der Waals surface area contributed by atoms with E-state index in [1.54, 1.807) is 7.11 Å². The van der Waals surface area contributed by atoms with Crippen LogP contribution in [0.15, 0.2) is 71.8 Å². The molecule has 1 N–H and O–H groups in total. The van der Waals surface area contributed by atoms with Gasteiger partial charge < -0.3 is 15.0 Å². The van der Waals surface area contributed by atoms with Gasteiger partial charge in [0.1, 0.15) is 11.6 Å². The minimum absolute atomic E-state index is 0.697. The molecule has 3 aromatic rings. The maximum absolute atomic E-state index is 5.25. The summed E-state index contributed by atoms with van der Waals surface area (Å²) in [5.74, 6) is 2.31. The highest BCUT2D eigenvalue weighted by molar-refractivity contribution is 5.91. The van der Waals surface area contributed by atoms with Crippen LogP contribution in [0.4, 0.5) is 17.5 Å². The SMILES string of the molecule is COc1ccc(Nc2nc(N(C)CC=C(C)CCC=C(C)C)nc3ccccc23)cc1. The van der Waals surface area contributed by atoms with Crippen LogP contribution in [0.25, 0.3) is 10.9 Å². The van der Waals surface area contributed by atoms with Crippen LogP contribution in [-0.4, -0.2) is 30.7 Å². The van der Waals surface area contributed by atoms with E-state index in [2.05, 4.69) is 43.1 Å². The lowest BCUT2D eigenvalue weighted by molar-refractivity contribution is 0.415. The normalized spacial score (nSPS) is 11.3. The maximum Gasteiger partial charge on any atom is 0.227 e. The zero-order chi connectivity index (χ0) is 22.2. The lowest BCUT2D eigenvalue weighted by Gasteiger charge is -2.18. The zero-order valence-corrected chi connectivity index (χ0v) is 19.1. The van der Waals surface area contributed by atoms with Crippen molar-refractivity contribution < 1.29 is 4.74 Å². The van der Waals surface area contributed by atoms with Gasteiger partial charge >= 0.3 is 0 Å². The van der Waals surface area contributed by atoms with E-state index in [0.29, 0.717) is 5.95 Å². The van der Waals surface area contributed by atoms with Crippen molar-refractivity contribution in [1.29, 1.82) is 0 Å². The molecule has 5 heteroatoms. The number of methoxy groups -OCH3 is 1. The molecular weight excluding hydrogens is 384 g/mol. The molecule has 1 heterocycles. The first-order valence-electron chi connectivity index (χ1n) is 10.6. The average molecular weight is 417 g/mol. The molecule has 2 aromatic carbocycles. The summed E-state index contributed by atoms with van der Waals surface area (Å²) in [7, 11) is 3.70. The summed E-state index contributed by atoms with van der Waals surface area (Å²) < 4.78 is 5.25. The number of rotatable bonds is 9. The second-order valence-electron chi connectivity index (χ2n) is 7.99. The largest absolute Gasteiger partial charge is 0.497 e. The Hall–Kier alpha value is -3.34. The van der Waals surface area contributed by atoms with Crippen LogP contribution in [0.2, 0.25) is 0 Å². The van der Waals surface area contributed by atoms with Crippen molar-refractivity contribution in [3.63, 3.8) is 0 Å². The molecule has 0 spiro atoms. The molecule has 0 bridgehead atoms. The molecule has 0 fully saturated rings. The predicted octanol–water partition coefficient (Wildman–Crippen LogP) is 6.51. The van der Waals surface area contributed by atoms with Crippen molar-refractivity contribution in [2.24, 2.45) is 0 Å². The lowest BCUT2D eigenvalue weighted by Crippen LogP contribution is -2.20. The summed E-state index contributed by atoms with van der Waals surface area (Å²) in [6.45, 7) is 7.23. The van der Waals surface area contributed by atoms with E-state index in [1.165, 1.54) is 11.1 Å². The molecule has 0 radical (unpaired) electrons. The number of benzene rings is 2. The van der Waals surface area contributed by atoms with Crippen molar-refractivity contribution in [2.75, 3.05) is 30.9 Å². The molecule has 0 atom stereocenters. The van der Waals surface area contributed by atoms with E-state index in [1.807, 2.05) is 55.6 Å². The molecule has 0 unspecified atom stereocenters. The van der Waals surface area contributed by atoms with Gasteiger partial charge in [0.2, 0.25) is 5.95 Å². The Morgan fingerprint density at radius 1 is 1.00 bits per heavy atom. The Morgan fingerprint density at radius 3 is 2.45 bits per heavy atom. The average Bonchev–Trinajstić information content (AvgIpc) is 2.77. The maximum atomic E-state index is 5.25. The van der Waals surface area contributed by atoms with E-state index in [-0.39, 0.29) is 0 Å². The minimum Gasteiger partial charge on any atom is -0.497 e. The summed E-state index contributed by atoms with van der Waals surface area (Å²) in [6, 6.07) is 15.9. The van der Waals surface area contributed by atoms with Crippen LogP contribution in [0.1, 0.15) is 33.6 Å². The van der Waals surface area contributed by atoms with E-state index >= 15 is 0 Å².